The van der Waals surface area contributed by atoms with Crippen LogP contribution in [-0.4, -0.2) is 48.6 Å². The maximum atomic E-state index is 12.0. The van der Waals surface area contributed by atoms with Crippen LogP contribution in [0.3, 0.4) is 0 Å². The van der Waals surface area contributed by atoms with Crippen LogP contribution in [0.25, 0.3) is 0 Å². The highest BCUT2D eigenvalue weighted by Crippen LogP contribution is 2.13. The fourth-order valence-electron chi connectivity index (χ4n) is 2.22. The summed E-state index contributed by atoms with van der Waals surface area (Å²) in [6.45, 7) is 10.1. The maximum Gasteiger partial charge on any atom is 0.237 e. The molecule has 0 bridgehead atoms. The Morgan fingerprint density at radius 1 is 1.28 bits per heavy atom. The summed E-state index contributed by atoms with van der Waals surface area (Å²) in [5.41, 5.74) is -0.144. The van der Waals surface area contributed by atoms with Gasteiger partial charge in [-0.25, -0.2) is 0 Å². The molecule has 0 saturated carbocycles. The van der Waals surface area contributed by atoms with Crippen LogP contribution in [0.4, 0.5) is 0 Å². The van der Waals surface area contributed by atoms with Gasteiger partial charge in [0.1, 0.15) is 0 Å². The van der Waals surface area contributed by atoms with Crippen molar-refractivity contribution in [2.75, 3.05) is 20.1 Å². The number of rotatable bonds is 3. The molecule has 0 aromatic rings. The van der Waals surface area contributed by atoms with Crippen molar-refractivity contribution in [3.05, 3.63) is 0 Å². The van der Waals surface area contributed by atoms with Gasteiger partial charge in [-0.3, -0.25) is 9.69 Å². The van der Waals surface area contributed by atoms with Gasteiger partial charge in [-0.2, -0.15) is 0 Å². The Kier molecular flexibility index (Phi) is 7.18. The van der Waals surface area contributed by atoms with Crippen LogP contribution < -0.4 is 10.6 Å². The number of hydrogen-bond acceptors (Lipinski definition) is 3. The van der Waals surface area contributed by atoms with Crippen LogP contribution >= 0.6 is 12.4 Å². The largest absolute Gasteiger partial charge is 0.350 e. The molecule has 18 heavy (non-hydrogen) atoms. The van der Waals surface area contributed by atoms with Crippen molar-refractivity contribution in [2.24, 2.45) is 0 Å². The minimum absolute atomic E-state index is 0. The second-order valence-corrected chi connectivity index (χ2v) is 6.01. The number of nitrogens with one attached hydrogen (secondary N) is 2. The summed E-state index contributed by atoms with van der Waals surface area (Å²) < 4.78 is 0. The van der Waals surface area contributed by atoms with Crippen LogP contribution in [0, 0.1) is 0 Å². The molecule has 1 unspecified atom stereocenters. The standard InChI is InChI=1S/C13H27N3O.ClH/c1-10(12(17)15-13(2,3)4)16-8-6-11(14-5)7-9-16;/h10-11,14H,6-9H2,1-5H3,(H,15,17);1H. The lowest BCUT2D eigenvalue weighted by molar-refractivity contribution is -0.127. The highest BCUT2D eigenvalue weighted by molar-refractivity contribution is 5.85. The Bertz CT molecular complexity index is 257. The SMILES string of the molecule is CNC1CCN(C(C)C(=O)NC(C)(C)C)CC1.Cl. The smallest absolute Gasteiger partial charge is 0.237 e. The van der Waals surface area contributed by atoms with E-state index in [0.717, 1.165) is 25.9 Å². The second-order valence-electron chi connectivity index (χ2n) is 6.01. The van der Waals surface area contributed by atoms with Crippen molar-refractivity contribution >= 4 is 18.3 Å². The molecule has 0 aromatic carbocycles. The van der Waals surface area contributed by atoms with E-state index in [-0.39, 0.29) is 29.9 Å². The topological polar surface area (TPSA) is 44.4 Å². The second kappa shape index (κ2) is 7.31. The zero-order chi connectivity index (χ0) is 13.1. The molecule has 1 aliphatic heterocycles. The molecule has 0 radical (unpaired) electrons. The van der Waals surface area contributed by atoms with Gasteiger partial charge in [0.2, 0.25) is 5.91 Å². The number of hydrogen-bond donors (Lipinski definition) is 2. The third kappa shape index (κ3) is 5.55. The summed E-state index contributed by atoms with van der Waals surface area (Å²) in [4.78, 5) is 14.3. The first-order valence-electron chi connectivity index (χ1n) is 6.57. The van der Waals surface area contributed by atoms with Gasteiger partial charge in [-0.1, -0.05) is 0 Å². The molecule has 1 rings (SSSR count). The van der Waals surface area contributed by atoms with Gasteiger partial charge in [0, 0.05) is 24.7 Å². The van der Waals surface area contributed by atoms with Gasteiger partial charge in [0.25, 0.3) is 0 Å². The van der Waals surface area contributed by atoms with Crippen LogP contribution in [-0.2, 0) is 4.79 Å². The molecule has 4 nitrogen and oxygen atoms in total. The molecular weight excluding hydrogens is 250 g/mol. The van der Waals surface area contributed by atoms with E-state index < -0.39 is 0 Å². The fraction of sp³-hybridized carbons (Fsp3) is 0.923. The predicted octanol–water partition coefficient (Wildman–Crippen LogP) is 1.40. The highest BCUT2D eigenvalue weighted by atomic mass is 35.5. The van der Waals surface area contributed by atoms with Gasteiger partial charge >= 0.3 is 0 Å². The van der Waals surface area contributed by atoms with E-state index in [1.165, 1.54) is 0 Å². The normalized spacial score (nSPS) is 20.1. The summed E-state index contributed by atoms with van der Waals surface area (Å²) in [5.74, 6) is 0.139. The van der Waals surface area contributed by atoms with Crippen LogP contribution in [0.2, 0.25) is 0 Å². The average Bonchev–Trinajstić information content (AvgIpc) is 2.26. The summed E-state index contributed by atoms with van der Waals surface area (Å²) >= 11 is 0. The Hall–Kier alpha value is -0.320. The first kappa shape index (κ1) is 17.7. The number of nitrogens with zero attached hydrogens (tertiary/aromatic N) is 1. The Morgan fingerprint density at radius 3 is 2.17 bits per heavy atom. The zero-order valence-corrected chi connectivity index (χ0v) is 13.1. The highest BCUT2D eigenvalue weighted by Gasteiger charge is 2.27. The van der Waals surface area contributed by atoms with Gasteiger partial charge in [-0.15, -0.1) is 12.4 Å². The third-order valence-corrected chi connectivity index (χ3v) is 3.36. The van der Waals surface area contributed by atoms with Crippen molar-refractivity contribution in [3.8, 4) is 0 Å². The van der Waals surface area contributed by atoms with Crippen molar-refractivity contribution in [3.63, 3.8) is 0 Å². The summed E-state index contributed by atoms with van der Waals surface area (Å²) in [5, 5.41) is 6.35. The molecule has 5 heteroatoms. The molecular formula is C13H28ClN3O. The van der Waals surface area contributed by atoms with E-state index in [9.17, 15) is 4.79 Å². The van der Waals surface area contributed by atoms with E-state index in [1.54, 1.807) is 0 Å². The van der Waals surface area contributed by atoms with E-state index in [4.69, 9.17) is 0 Å². The molecule has 1 amide bonds. The third-order valence-electron chi connectivity index (χ3n) is 3.36. The number of piperidine rings is 1. The molecule has 1 aliphatic rings. The first-order valence-corrected chi connectivity index (χ1v) is 6.57. The number of halogens is 1. The van der Waals surface area contributed by atoms with E-state index in [1.807, 2.05) is 34.7 Å². The molecule has 1 heterocycles. The molecule has 108 valence electrons. The number of likely N-dealkylation sites (tertiary alicyclic amines) is 1. The number of amides is 1. The minimum atomic E-state index is -0.144. The lowest BCUT2D eigenvalue weighted by Gasteiger charge is -2.36. The van der Waals surface area contributed by atoms with Gasteiger partial charge in [0.15, 0.2) is 0 Å². The summed E-state index contributed by atoms with van der Waals surface area (Å²) in [7, 11) is 2.01. The molecule has 1 saturated heterocycles. The van der Waals surface area contributed by atoms with Crippen LogP contribution in [0.5, 0.6) is 0 Å². The predicted molar refractivity (Wildman–Crippen MR) is 78.3 cm³/mol. The van der Waals surface area contributed by atoms with Crippen LogP contribution in [0.15, 0.2) is 0 Å². The van der Waals surface area contributed by atoms with Gasteiger partial charge in [-0.05, 0) is 47.6 Å². The van der Waals surface area contributed by atoms with E-state index in [2.05, 4.69) is 15.5 Å². The molecule has 1 fully saturated rings. The molecule has 0 spiro atoms. The molecule has 0 aromatic heterocycles. The van der Waals surface area contributed by atoms with E-state index in [0.29, 0.717) is 6.04 Å². The fourth-order valence-corrected chi connectivity index (χ4v) is 2.22. The summed E-state index contributed by atoms with van der Waals surface area (Å²) in [6.07, 6.45) is 2.26. The zero-order valence-electron chi connectivity index (χ0n) is 12.2. The number of carbonyl (C=O) groups is 1. The maximum absolute atomic E-state index is 12.0. The molecule has 1 atom stereocenters. The monoisotopic (exact) mass is 277 g/mol. The van der Waals surface area contributed by atoms with Gasteiger partial charge < -0.3 is 10.6 Å². The van der Waals surface area contributed by atoms with Crippen molar-refractivity contribution < 1.29 is 4.79 Å². The van der Waals surface area contributed by atoms with E-state index >= 15 is 0 Å². The Balaban J connectivity index is 0.00000289. The van der Waals surface area contributed by atoms with Gasteiger partial charge in [0.05, 0.1) is 6.04 Å². The molecule has 0 aliphatic carbocycles. The lowest BCUT2D eigenvalue weighted by Crippen LogP contribution is -2.53. The average molecular weight is 278 g/mol. The lowest BCUT2D eigenvalue weighted by atomic mass is 10.0. The molecule has 2 N–H and O–H groups in total. The Morgan fingerprint density at radius 2 is 1.78 bits per heavy atom. The first-order chi connectivity index (χ1) is 7.83. The van der Waals surface area contributed by atoms with Crippen LogP contribution in [0.1, 0.15) is 40.5 Å². The quantitative estimate of drug-likeness (QED) is 0.820. The number of carbonyl (C=O) groups excluding carboxylic acids is 1. The van der Waals surface area contributed by atoms with Crippen molar-refractivity contribution in [1.29, 1.82) is 0 Å². The van der Waals surface area contributed by atoms with Crippen molar-refractivity contribution in [1.82, 2.24) is 15.5 Å². The van der Waals surface area contributed by atoms with Crippen molar-refractivity contribution in [2.45, 2.75) is 58.2 Å². The Labute approximate surface area is 117 Å². The summed E-state index contributed by atoms with van der Waals surface area (Å²) in [6, 6.07) is 0.594. The minimum Gasteiger partial charge on any atom is -0.350 e.